The summed E-state index contributed by atoms with van der Waals surface area (Å²) in [7, 11) is 0. The van der Waals surface area contributed by atoms with Gasteiger partial charge in [0.25, 0.3) is 5.56 Å². The number of hydrogen-bond donors (Lipinski definition) is 0. The molecule has 0 unspecified atom stereocenters. The summed E-state index contributed by atoms with van der Waals surface area (Å²) in [6.45, 7) is 4.18. The van der Waals surface area contributed by atoms with E-state index in [1.165, 1.54) is 11.1 Å². The molecule has 3 heterocycles. The molecule has 0 N–H and O–H groups in total. The van der Waals surface area contributed by atoms with Gasteiger partial charge >= 0.3 is 0 Å². The number of piperidine rings is 1. The van der Waals surface area contributed by atoms with Gasteiger partial charge in [-0.3, -0.25) is 9.36 Å². The molecule has 5 rings (SSSR count). The lowest BCUT2D eigenvalue weighted by Crippen LogP contribution is -2.32. The first-order chi connectivity index (χ1) is 17.2. The highest BCUT2D eigenvalue weighted by molar-refractivity contribution is 5.91. The lowest BCUT2D eigenvalue weighted by Gasteiger charge is -2.27. The molecule has 7 heteroatoms. The maximum atomic E-state index is 13.9. The third-order valence-corrected chi connectivity index (χ3v) is 6.39. The van der Waals surface area contributed by atoms with E-state index in [1.807, 2.05) is 53.1 Å². The van der Waals surface area contributed by atoms with Crippen molar-refractivity contribution in [1.82, 2.24) is 19.3 Å². The van der Waals surface area contributed by atoms with Crippen LogP contribution >= 0.6 is 0 Å². The summed E-state index contributed by atoms with van der Waals surface area (Å²) < 4.78 is 3.40. The molecule has 0 bridgehead atoms. The SMILES string of the molecule is CC#CCn1c(N2CCCCC2)nc2c(-c3ccccc3)nn(Cc3ccccc3C#N)c(=O)c21. The van der Waals surface area contributed by atoms with Gasteiger partial charge in [-0.1, -0.05) is 54.5 Å². The number of imidazole rings is 1. The van der Waals surface area contributed by atoms with E-state index in [1.54, 1.807) is 13.0 Å². The summed E-state index contributed by atoms with van der Waals surface area (Å²) in [5.41, 5.74) is 3.66. The van der Waals surface area contributed by atoms with E-state index in [2.05, 4.69) is 22.8 Å². The van der Waals surface area contributed by atoms with E-state index >= 15 is 0 Å². The maximum absolute atomic E-state index is 13.9. The Morgan fingerprint density at radius 2 is 1.74 bits per heavy atom. The standard InChI is InChI=1S/C28H26N6O/c1-2-3-18-33-26-25(30-28(33)32-16-10-5-11-17-32)24(21-12-6-4-7-13-21)31-34(27(26)35)20-23-15-9-8-14-22(23)19-29/h4,6-9,12-15H,5,10-11,16-18,20H2,1H3. The molecule has 0 spiro atoms. The molecule has 2 aromatic carbocycles. The zero-order chi connectivity index (χ0) is 24.2. The van der Waals surface area contributed by atoms with Crippen LogP contribution in [-0.4, -0.2) is 32.4 Å². The van der Waals surface area contributed by atoms with Crippen molar-refractivity contribution in [3.8, 4) is 29.2 Å². The Bertz CT molecular complexity index is 1530. The van der Waals surface area contributed by atoms with E-state index in [0.717, 1.165) is 43.0 Å². The monoisotopic (exact) mass is 462 g/mol. The van der Waals surface area contributed by atoms with Crippen LogP contribution < -0.4 is 10.5 Å². The summed E-state index contributed by atoms with van der Waals surface area (Å²) >= 11 is 0. The van der Waals surface area contributed by atoms with Crippen molar-refractivity contribution in [2.24, 2.45) is 0 Å². The molecule has 2 aromatic heterocycles. The molecule has 1 saturated heterocycles. The number of fused-ring (bicyclic) bond motifs is 1. The van der Waals surface area contributed by atoms with Gasteiger partial charge in [-0.15, -0.1) is 5.92 Å². The average Bonchev–Trinajstić information content (AvgIpc) is 3.30. The van der Waals surface area contributed by atoms with Crippen molar-refractivity contribution in [1.29, 1.82) is 5.26 Å². The minimum absolute atomic E-state index is 0.196. The van der Waals surface area contributed by atoms with Gasteiger partial charge in [-0.2, -0.15) is 10.4 Å². The molecule has 0 aliphatic carbocycles. The highest BCUT2D eigenvalue weighted by Gasteiger charge is 2.25. The molecular weight excluding hydrogens is 436 g/mol. The van der Waals surface area contributed by atoms with Crippen LogP contribution in [-0.2, 0) is 13.1 Å². The van der Waals surface area contributed by atoms with E-state index in [4.69, 9.17) is 10.1 Å². The van der Waals surface area contributed by atoms with Crippen molar-refractivity contribution in [2.45, 2.75) is 39.3 Å². The normalized spacial score (nSPS) is 13.3. The minimum Gasteiger partial charge on any atom is -0.342 e. The zero-order valence-corrected chi connectivity index (χ0v) is 19.7. The molecule has 7 nitrogen and oxygen atoms in total. The van der Waals surface area contributed by atoms with E-state index in [-0.39, 0.29) is 12.1 Å². The van der Waals surface area contributed by atoms with Gasteiger partial charge in [0.15, 0.2) is 0 Å². The lowest BCUT2D eigenvalue weighted by molar-refractivity contribution is 0.561. The Balaban J connectivity index is 1.78. The van der Waals surface area contributed by atoms with E-state index < -0.39 is 0 Å². The van der Waals surface area contributed by atoms with Crippen LogP contribution in [0.15, 0.2) is 59.4 Å². The Morgan fingerprint density at radius 1 is 1.00 bits per heavy atom. The van der Waals surface area contributed by atoms with Gasteiger partial charge in [-0.25, -0.2) is 9.67 Å². The number of rotatable bonds is 5. The number of anilines is 1. The second-order valence-corrected chi connectivity index (χ2v) is 8.62. The van der Waals surface area contributed by atoms with Crippen LogP contribution in [0.5, 0.6) is 0 Å². The summed E-state index contributed by atoms with van der Waals surface area (Å²) in [5.74, 6) is 6.86. The number of hydrogen-bond acceptors (Lipinski definition) is 5. The lowest BCUT2D eigenvalue weighted by atomic mass is 10.1. The van der Waals surface area contributed by atoms with Gasteiger partial charge in [-0.05, 0) is 37.8 Å². The fraction of sp³-hybridized carbons (Fsp3) is 0.286. The number of nitriles is 1. The quantitative estimate of drug-likeness (QED) is 0.416. The minimum atomic E-state index is -0.235. The largest absolute Gasteiger partial charge is 0.342 e. The molecule has 0 radical (unpaired) electrons. The summed E-state index contributed by atoms with van der Waals surface area (Å²) in [4.78, 5) is 21.1. The Labute approximate surface area is 204 Å². The second-order valence-electron chi connectivity index (χ2n) is 8.62. The van der Waals surface area contributed by atoms with Crippen LogP contribution in [0.1, 0.15) is 37.3 Å². The predicted octanol–water partition coefficient (Wildman–Crippen LogP) is 4.19. The fourth-order valence-corrected chi connectivity index (χ4v) is 4.63. The second kappa shape index (κ2) is 9.87. The third-order valence-electron chi connectivity index (χ3n) is 6.39. The van der Waals surface area contributed by atoms with Crippen molar-refractivity contribution >= 4 is 17.0 Å². The molecule has 1 aliphatic heterocycles. The molecule has 0 saturated carbocycles. The molecule has 1 aliphatic rings. The highest BCUT2D eigenvalue weighted by atomic mass is 16.1. The Morgan fingerprint density at radius 3 is 2.49 bits per heavy atom. The molecule has 35 heavy (non-hydrogen) atoms. The number of benzene rings is 2. The van der Waals surface area contributed by atoms with Gasteiger partial charge in [0.2, 0.25) is 5.95 Å². The smallest absolute Gasteiger partial charge is 0.293 e. The van der Waals surface area contributed by atoms with Crippen molar-refractivity contribution in [3.63, 3.8) is 0 Å². The average molecular weight is 463 g/mol. The maximum Gasteiger partial charge on any atom is 0.293 e. The first-order valence-corrected chi connectivity index (χ1v) is 11.9. The van der Waals surface area contributed by atoms with Gasteiger partial charge in [0.05, 0.1) is 24.7 Å². The molecule has 174 valence electrons. The van der Waals surface area contributed by atoms with E-state index in [0.29, 0.717) is 28.8 Å². The Hall–Kier alpha value is -4.36. The number of nitrogens with zero attached hydrogens (tertiary/aromatic N) is 6. The topological polar surface area (TPSA) is 79.7 Å². The first-order valence-electron chi connectivity index (χ1n) is 11.9. The zero-order valence-electron chi connectivity index (χ0n) is 19.7. The molecule has 1 fully saturated rings. The molecule has 4 aromatic rings. The first kappa shape index (κ1) is 22.4. The van der Waals surface area contributed by atoms with Crippen molar-refractivity contribution < 1.29 is 0 Å². The summed E-state index contributed by atoms with van der Waals surface area (Å²) in [6.07, 6.45) is 3.40. The summed E-state index contributed by atoms with van der Waals surface area (Å²) in [6, 6.07) is 19.3. The Kier molecular flexibility index (Phi) is 6.32. The van der Waals surface area contributed by atoms with Crippen LogP contribution in [0.3, 0.4) is 0 Å². The summed E-state index contributed by atoms with van der Waals surface area (Å²) in [5, 5.41) is 14.4. The van der Waals surface area contributed by atoms with Crippen LogP contribution in [0.2, 0.25) is 0 Å². The van der Waals surface area contributed by atoms with E-state index in [9.17, 15) is 10.1 Å². The predicted molar refractivity (Wildman–Crippen MR) is 137 cm³/mol. The van der Waals surface area contributed by atoms with Crippen LogP contribution in [0, 0.1) is 23.2 Å². The molecule has 0 amide bonds. The van der Waals surface area contributed by atoms with Crippen molar-refractivity contribution in [2.75, 3.05) is 18.0 Å². The number of aromatic nitrogens is 4. The van der Waals surface area contributed by atoms with Gasteiger partial charge in [0.1, 0.15) is 16.7 Å². The van der Waals surface area contributed by atoms with Gasteiger partial charge in [0, 0.05) is 18.7 Å². The third kappa shape index (κ3) is 4.29. The van der Waals surface area contributed by atoms with Gasteiger partial charge < -0.3 is 4.90 Å². The fourth-order valence-electron chi connectivity index (χ4n) is 4.63. The van der Waals surface area contributed by atoms with Crippen LogP contribution in [0.4, 0.5) is 5.95 Å². The molecular formula is C28H26N6O. The highest BCUT2D eigenvalue weighted by Crippen LogP contribution is 2.29. The van der Waals surface area contributed by atoms with Crippen molar-refractivity contribution in [3.05, 3.63) is 76.1 Å². The molecule has 0 atom stereocenters. The van der Waals surface area contributed by atoms with Crippen LogP contribution in [0.25, 0.3) is 22.3 Å².